The number of hydrogen-bond acceptors (Lipinski definition) is 4. The van der Waals surface area contributed by atoms with Gasteiger partial charge in [-0.15, -0.1) is 0 Å². The summed E-state index contributed by atoms with van der Waals surface area (Å²) in [6.07, 6.45) is 1.54. The molecule has 2 aromatic rings. The van der Waals surface area contributed by atoms with Gasteiger partial charge in [-0.2, -0.15) is 0 Å². The van der Waals surface area contributed by atoms with Gasteiger partial charge in [0.25, 0.3) is 11.8 Å². The third kappa shape index (κ3) is 4.45. The molecule has 150 valence electrons. The largest absolute Gasteiger partial charge is 0.372 e. The molecule has 0 aromatic heterocycles. The van der Waals surface area contributed by atoms with E-state index >= 15 is 0 Å². The third-order valence-electron chi connectivity index (χ3n) is 4.58. The van der Waals surface area contributed by atoms with Gasteiger partial charge in [0.2, 0.25) is 0 Å². The number of benzene rings is 2. The molecular weight excluding hydrogens is 429 g/mol. The van der Waals surface area contributed by atoms with E-state index in [0.29, 0.717) is 10.7 Å². The van der Waals surface area contributed by atoms with Crippen LogP contribution < -0.4 is 15.1 Å². The molecule has 8 heteroatoms. The van der Waals surface area contributed by atoms with E-state index < -0.39 is 11.8 Å². The zero-order valence-corrected chi connectivity index (χ0v) is 18.2. The van der Waals surface area contributed by atoms with Crippen molar-refractivity contribution in [3.05, 3.63) is 63.6 Å². The lowest BCUT2D eigenvalue weighted by Gasteiger charge is -2.29. The highest BCUT2D eigenvalue weighted by molar-refractivity contribution is 7.80. The van der Waals surface area contributed by atoms with Crippen molar-refractivity contribution in [2.45, 2.75) is 13.8 Å². The van der Waals surface area contributed by atoms with Gasteiger partial charge in [-0.25, -0.2) is 0 Å². The summed E-state index contributed by atoms with van der Waals surface area (Å²) >= 11 is 17.4. The molecule has 0 spiro atoms. The topological polar surface area (TPSA) is 52.7 Å². The number of halogens is 2. The van der Waals surface area contributed by atoms with Gasteiger partial charge in [0.1, 0.15) is 5.57 Å². The quantitative estimate of drug-likeness (QED) is 0.410. The predicted molar refractivity (Wildman–Crippen MR) is 123 cm³/mol. The van der Waals surface area contributed by atoms with Crippen molar-refractivity contribution in [2.24, 2.45) is 0 Å². The number of amides is 2. The normalized spacial score (nSPS) is 15.7. The highest BCUT2D eigenvalue weighted by atomic mass is 35.5. The Morgan fingerprint density at radius 1 is 1.07 bits per heavy atom. The zero-order valence-electron chi connectivity index (χ0n) is 15.9. The van der Waals surface area contributed by atoms with Gasteiger partial charge in [0.15, 0.2) is 5.11 Å². The SMILES string of the molecule is CCN(CC)c1ccc(/C=C2\C(=O)NC(=S)N(c3ccc(Cl)cc3Cl)C2=O)cc1. The first-order valence-electron chi connectivity index (χ1n) is 9.07. The minimum atomic E-state index is -0.547. The van der Waals surface area contributed by atoms with Crippen LogP contribution in [0.1, 0.15) is 19.4 Å². The number of nitrogens with one attached hydrogen (secondary N) is 1. The maximum Gasteiger partial charge on any atom is 0.270 e. The number of carbonyl (C=O) groups excluding carboxylic acids is 2. The van der Waals surface area contributed by atoms with Gasteiger partial charge in [-0.05, 0) is 68.0 Å². The summed E-state index contributed by atoms with van der Waals surface area (Å²) < 4.78 is 0. The van der Waals surface area contributed by atoms with Crippen molar-refractivity contribution >= 4 is 69.8 Å². The summed E-state index contributed by atoms with van der Waals surface area (Å²) in [7, 11) is 0. The van der Waals surface area contributed by atoms with E-state index in [-0.39, 0.29) is 15.7 Å². The second kappa shape index (κ2) is 8.95. The third-order valence-corrected chi connectivity index (χ3v) is 5.41. The molecule has 1 N–H and O–H groups in total. The number of anilines is 2. The molecule has 1 heterocycles. The molecular formula is C21H19Cl2N3O2S. The van der Waals surface area contributed by atoms with E-state index in [4.69, 9.17) is 35.4 Å². The molecule has 0 radical (unpaired) electrons. The second-order valence-corrected chi connectivity index (χ2v) is 7.55. The highest BCUT2D eigenvalue weighted by Gasteiger charge is 2.35. The molecule has 1 aliphatic heterocycles. The van der Waals surface area contributed by atoms with Gasteiger partial charge in [-0.1, -0.05) is 35.3 Å². The molecule has 1 aliphatic rings. The van der Waals surface area contributed by atoms with Crippen LogP contribution in [0.3, 0.4) is 0 Å². The van der Waals surface area contributed by atoms with E-state index in [1.54, 1.807) is 18.2 Å². The van der Waals surface area contributed by atoms with Crippen LogP contribution in [0.4, 0.5) is 11.4 Å². The second-order valence-electron chi connectivity index (χ2n) is 6.32. The van der Waals surface area contributed by atoms with Crippen LogP contribution in [0.25, 0.3) is 6.08 Å². The molecule has 0 saturated carbocycles. The number of carbonyl (C=O) groups is 2. The van der Waals surface area contributed by atoms with Crippen molar-refractivity contribution in [1.29, 1.82) is 0 Å². The van der Waals surface area contributed by atoms with Crippen LogP contribution in [-0.2, 0) is 9.59 Å². The Bertz CT molecular complexity index is 1000. The zero-order chi connectivity index (χ0) is 21.1. The standard InChI is InChI=1S/C21H19Cl2N3O2S/c1-3-25(4-2)15-8-5-13(6-9-15)11-16-19(27)24-21(29)26(20(16)28)18-10-7-14(22)12-17(18)23/h5-12H,3-4H2,1-2H3,(H,24,27,29)/b16-11+. The molecule has 2 amide bonds. The van der Waals surface area contributed by atoms with Crippen LogP contribution in [0.15, 0.2) is 48.0 Å². The van der Waals surface area contributed by atoms with E-state index in [2.05, 4.69) is 24.1 Å². The van der Waals surface area contributed by atoms with Crippen molar-refractivity contribution in [3.63, 3.8) is 0 Å². The fourth-order valence-electron chi connectivity index (χ4n) is 3.08. The molecule has 0 bridgehead atoms. The summed E-state index contributed by atoms with van der Waals surface area (Å²) in [5.74, 6) is -1.09. The lowest BCUT2D eigenvalue weighted by molar-refractivity contribution is -0.122. The van der Waals surface area contributed by atoms with Crippen LogP contribution >= 0.6 is 35.4 Å². The van der Waals surface area contributed by atoms with Crippen LogP contribution in [0.5, 0.6) is 0 Å². The Labute approximate surface area is 184 Å². The summed E-state index contributed by atoms with van der Waals surface area (Å²) in [5.41, 5.74) is 2.13. The van der Waals surface area contributed by atoms with Crippen molar-refractivity contribution < 1.29 is 9.59 Å². The Hall–Kier alpha value is -2.41. The minimum absolute atomic E-state index is 0.0276. The Kier molecular flexibility index (Phi) is 6.57. The molecule has 1 saturated heterocycles. The Morgan fingerprint density at radius 3 is 2.31 bits per heavy atom. The Morgan fingerprint density at radius 2 is 1.72 bits per heavy atom. The van der Waals surface area contributed by atoms with Gasteiger partial charge in [0.05, 0.1) is 10.7 Å². The lowest BCUT2D eigenvalue weighted by atomic mass is 10.1. The van der Waals surface area contributed by atoms with Gasteiger partial charge in [-0.3, -0.25) is 19.8 Å². The molecule has 29 heavy (non-hydrogen) atoms. The van der Waals surface area contributed by atoms with Crippen molar-refractivity contribution in [2.75, 3.05) is 22.9 Å². The average Bonchev–Trinajstić information content (AvgIpc) is 2.68. The molecule has 3 rings (SSSR count). The van der Waals surface area contributed by atoms with Crippen LogP contribution in [0.2, 0.25) is 10.0 Å². The van der Waals surface area contributed by atoms with E-state index in [9.17, 15) is 9.59 Å². The van der Waals surface area contributed by atoms with Gasteiger partial charge in [0, 0.05) is 23.8 Å². The summed E-state index contributed by atoms with van der Waals surface area (Å²) in [6.45, 7) is 5.96. The predicted octanol–water partition coefficient (Wildman–Crippen LogP) is 4.67. The van der Waals surface area contributed by atoms with Crippen molar-refractivity contribution in [1.82, 2.24) is 5.32 Å². The number of thiocarbonyl (C=S) groups is 1. The fraction of sp³-hybridized carbons (Fsp3) is 0.190. The monoisotopic (exact) mass is 447 g/mol. The van der Waals surface area contributed by atoms with E-state index in [0.717, 1.165) is 24.3 Å². The first-order valence-corrected chi connectivity index (χ1v) is 10.2. The lowest BCUT2D eigenvalue weighted by Crippen LogP contribution is -2.54. The number of hydrogen-bond donors (Lipinski definition) is 1. The summed E-state index contributed by atoms with van der Waals surface area (Å²) in [4.78, 5) is 28.9. The summed E-state index contributed by atoms with van der Waals surface area (Å²) in [6, 6.07) is 12.4. The molecule has 0 unspecified atom stereocenters. The highest BCUT2D eigenvalue weighted by Crippen LogP contribution is 2.31. The molecule has 5 nitrogen and oxygen atoms in total. The Balaban J connectivity index is 1.95. The first-order chi connectivity index (χ1) is 13.8. The molecule has 0 atom stereocenters. The molecule has 2 aromatic carbocycles. The minimum Gasteiger partial charge on any atom is -0.372 e. The summed E-state index contributed by atoms with van der Waals surface area (Å²) in [5, 5.41) is 3.21. The average molecular weight is 448 g/mol. The maximum absolute atomic E-state index is 13.1. The van der Waals surface area contributed by atoms with Crippen LogP contribution in [-0.4, -0.2) is 30.0 Å². The maximum atomic E-state index is 13.1. The number of nitrogens with zero attached hydrogens (tertiary/aromatic N) is 2. The van der Waals surface area contributed by atoms with Crippen LogP contribution in [0, 0.1) is 0 Å². The van der Waals surface area contributed by atoms with Gasteiger partial charge < -0.3 is 4.90 Å². The number of rotatable bonds is 5. The molecule has 1 fully saturated rings. The van der Waals surface area contributed by atoms with Gasteiger partial charge >= 0.3 is 0 Å². The fourth-order valence-corrected chi connectivity index (χ4v) is 3.84. The first kappa shape index (κ1) is 21.3. The van der Waals surface area contributed by atoms with E-state index in [1.165, 1.54) is 11.0 Å². The molecule has 0 aliphatic carbocycles. The smallest absolute Gasteiger partial charge is 0.270 e. The van der Waals surface area contributed by atoms with Crippen molar-refractivity contribution in [3.8, 4) is 0 Å². The van der Waals surface area contributed by atoms with E-state index in [1.807, 2.05) is 24.3 Å².